The first-order valence-electron chi connectivity index (χ1n) is 6.97. The first-order chi connectivity index (χ1) is 9.99. The zero-order chi connectivity index (χ0) is 15.4. The number of aromatic amines is 1. The highest BCUT2D eigenvalue weighted by molar-refractivity contribution is 5.81. The molecule has 21 heavy (non-hydrogen) atoms. The molecule has 0 saturated heterocycles. The van der Waals surface area contributed by atoms with Crippen molar-refractivity contribution in [2.75, 3.05) is 6.54 Å². The number of carbonyl (C=O) groups excluding carboxylic acids is 1. The average Bonchev–Trinajstić information content (AvgIpc) is 2.43. The second-order valence-corrected chi connectivity index (χ2v) is 5.40. The van der Waals surface area contributed by atoms with Crippen LogP contribution in [0.5, 0.6) is 0 Å². The molecule has 2 aromatic rings. The van der Waals surface area contributed by atoms with Gasteiger partial charge in [-0.15, -0.1) is 0 Å². The van der Waals surface area contributed by atoms with E-state index in [-0.39, 0.29) is 12.5 Å². The maximum Gasteiger partial charge on any atom is 0.329 e. The molecule has 1 aromatic heterocycles. The number of nitrogens with one attached hydrogen (secondary N) is 2. The molecule has 0 unspecified atom stereocenters. The van der Waals surface area contributed by atoms with E-state index in [0.717, 1.165) is 6.42 Å². The molecule has 0 saturated carbocycles. The lowest BCUT2D eigenvalue weighted by molar-refractivity contribution is -0.121. The molecule has 1 aromatic carbocycles. The van der Waals surface area contributed by atoms with Crippen molar-refractivity contribution in [2.45, 2.75) is 26.8 Å². The summed E-state index contributed by atoms with van der Waals surface area (Å²) in [5.74, 6) is 0.261. The summed E-state index contributed by atoms with van der Waals surface area (Å²) in [5, 5.41) is 3.17. The van der Waals surface area contributed by atoms with Crippen LogP contribution in [0.15, 0.2) is 33.9 Å². The van der Waals surface area contributed by atoms with E-state index in [1.807, 2.05) is 0 Å². The zero-order valence-corrected chi connectivity index (χ0v) is 12.2. The molecule has 0 aliphatic rings. The van der Waals surface area contributed by atoms with E-state index in [2.05, 4.69) is 24.1 Å². The Kier molecular flexibility index (Phi) is 4.57. The maximum atomic E-state index is 11.9. The van der Waals surface area contributed by atoms with Crippen molar-refractivity contribution in [3.05, 3.63) is 45.1 Å². The minimum Gasteiger partial charge on any atom is -0.355 e. The quantitative estimate of drug-likeness (QED) is 0.856. The number of fused-ring (bicyclic) bond motifs is 1. The van der Waals surface area contributed by atoms with Crippen molar-refractivity contribution in [1.29, 1.82) is 0 Å². The van der Waals surface area contributed by atoms with E-state index in [0.29, 0.717) is 23.4 Å². The van der Waals surface area contributed by atoms with Crippen LogP contribution in [-0.4, -0.2) is 22.0 Å². The molecule has 0 bridgehead atoms. The van der Waals surface area contributed by atoms with Gasteiger partial charge in [0.25, 0.3) is 5.56 Å². The molecule has 2 N–H and O–H groups in total. The first kappa shape index (κ1) is 15.0. The summed E-state index contributed by atoms with van der Waals surface area (Å²) in [7, 11) is 0. The highest BCUT2D eigenvalue weighted by Crippen LogP contribution is 2.06. The van der Waals surface area contributed by atoms with Gasteiger partial charge < -0.3 is 5.32 Å². The summed E-state index contributed by atoms with van der Waals surface area (Å²) in [6.45, 7) is 4.62. The van der Waals surface area contributed by atoms with Crippen molar-refractivity contribution in [2.24, 2.45) is 5.92 Å². The molecule has 0 fully saturated rings. The Balaban J connectivity index is 2.24. The molecule has 0 atom stereocenters. The molecular formula is C15H19N3O3. The minimum atomic E-state index is -0.572. The highest BCUT2D eigenvalue weighted by Gasteiger charge is 2.10. The Morgan fingerprint density at radius 3 is 2.71 bits per heavy atom. The van der Waals surface area contributed by atoms with Crippen LogP contribution in [0.3, 0.4) is 0 Å². The van der Waals surface area contributed by atoms with Gasteiger partial charge in [0.1, 0.15) is 6.54 Å². The summed E-state index contributed by atoms with van der Waals surface area (Å²) in [5.41, 5.74) is -0.546. The molecule has 0 radical (unpaired) electrons. The van der Waals surface area contributed by atoms with Crippen LogP contribution < -0.4 is 16.6 Å². The molecule has 6 nitrogen and oxygen atoms in total. The van der Waals surface area contributed by atoms with Crippen molar-refractivity contribution in [3.63, 3.8) is 0 Å². The highest BCUT2D eigenvalue weighted by atomic mass is 16.2. The average molecular weight is 289 g/mol. The number of amides is 1. The van der Waals surface area contributed by atoms with Crippen LogP contribution in [0.25, 0.3) is 10.9 Å². The van der Waals surface area contributed by atoms with Crippen LogP contribution in [-0.2, 0) is 11.3 Å². The standard InChI is InChI=1S/C15H19N3O3/c1-10(2)7-8-16-13(19)9-18-12-6-4-3-5-11(12)14(20)17-15(18)21/h3-6,10H,7-9H2,1-2H3,(H,16,19)(H,17,20,21). The zero-order valence-electron chi connectivity index (χ0n) is 12.2. The Labute approximate surface area is 121 Å². The van der Waals surface area contributed by atoms with Gasteiger partial charge in [-0.2, -0.15) is 0 Å². The summed E-state index contributed by atoms with van der Waals surface area (Å²) in [4.78, 5) is 37.8. The molecule has 6 heteroatoms. The number of H-pyrrole nitrogens is 1. The Morgan fingerprint density at radius 1 is 1.29 bits per heavy atom. The largest absolute Gasteiger partial charge is 0.355 e. The maximum absolute atomic E-state index is 11.9. The molecular weight excluding hydrogens is 270 g/mol. The lowest BCUT2D eigenvalue weighted by Gasteiger charge is -2.10. The van der Waals surface area contributed by atoms with Crippen molar-refractivity contribution >= 4 is 16.8 Å². The minimum absolute atomic E-state index is 0.103. The summed E-state index contributed by atoms with van der Waals surface area (Å²) >= 11 is 0. The van der Waals surface area contributed by atoms with E-state index in [9.17, 15) is 14.4 Å². The van der Waals surface area contributed by atoms with Crippen molar-refractivity contribution < 1.29 is 4.79 Å². The van der Waals surface area contributed by atoms with Gasteiger partial charge in [0.2, 0.25) is 5.91 Å². The Morgan fingerprint density at radius 2 is 2.00 bits per heavy atom. The molecule has 2 rings (SSSR count). The lowest BCUT2D eigenvalue weighted by atomic mass is 10.1. The number of carbonyl (C=O) groups is 1. The van der Waals surface area contributed by atoms with Gasteiger partial charge in [0.15, 0.2) is 0 Å². The monoisotopic (exact) mass is 289 g/mol. The van der Waals surface area contributed by atoms with Crippen LogP contribution in [0, 0.1) is 5.92 Å². The van der Waals surface area contributed by atoms with Gasteiger partial charge in [-0.1, -0.05) is 26.0 Å². The third-order valence-electron chi connectivity index (χ3n) is 3.25. The molecule has 1 heterocycles. The number of hydrogen-bond acceptors (Lipinski definition) is 3. The third-order valence-corrected chi connectivity index (χ3v) is 3.25. The predicted octanol–water partition coefficient (Wildman–Crippen LogP) is 0.852. The van der Waals surface area contributed by atoms with E-state index in [1.54, 1.807) is 24.3 Å². The number of hydrogen-bond donors (Lipinski definition) is 2. The fourth-order valence-electron chi connectivity index (χ4n) is 2.10. The van der Waals surface area contributed by atoms with Gasteiger partial charge >= 0.3 is 5.69 Å². The van der Waals surface area contributed by atoms with Gasteiger partial charge in [0.05, 0.1) is 10.9 Å². The number of benzene rings is 1. The Bertz CT molecular complexity index is 759. The normalized spacial score (nSPS) is 11.0. The number of para-hydroxylation sites is 1. The second kappa shape index (κ2) is 6.39. The van der Waals surface area contributed by atoms with E-state index < -0.39 is 11.2 Å². The topological polar surface area (TPSA) is 84.0 Å². The van der Waals surface area contributed by atoms with Gasteiger partial charge in [-0.05, 0) is 24.5 Å². The SMILES string of the molecule is CC(C)CCNC(=O)Cn1c(=O)[nH]c(=O)c2ccccc21. The van der Waals surface area contributed by atoms with E-state index in [4.69, 9.17) is 0 Å². The van der Waals surface area contributed by atoms with Crippen LogP contribution in [0.4, 0.5) is 0 Å². The molecule has 1 amide bonds. The first-order valence-corrected chi connectivity index (χ1v) is 6.97. The second-order valence-electron chi connectivity index (χ2n) is 5.40. The number of rotatable bonds is 5. The predicted molar refractivity (Wildman–Crippen MR) is 81.3 cm³/mol. The number of nitrogens with zero attached hydrogens (tertiary/aromatic N) is 1. The van der Waals surface area contributed by atoms with Gasteiger partial charge in [-0.25, -0.2) is 4.79 Å². The smallest absolute Gasteiger partial charge is 0.329 e. The summed E-state index contributed by atoms with van der Waals surface area (Å²) < 4.78 is 1.28. The molecule has 0 aliphatic carbocycles. The molecule has 0 aliphatic heterocycles. The van der Waals surface area contributed by atoms with Gasteiger partial charge in [0, 0.05) is 6.54 Å². The molecule has 0 spiro atoms. The van der Waals surface area contributed by atoms with Crippen LogP contribution >= 0.6 is 0 Å². The molecule has 112 valence electrons. The van der Waals surface area contributed by atoms with E-state index >= 15 is 0 Å². The van der Waals surface area contributed by atoms with Crippen LogP contribution in [0.1, 0.15) is 20.3 Å². The number of aromatic nitrogens is 2. The van der Waals surface area contributed by atoms with Gasteiger partial charge in [-0.3, -0.25) is 19.1 Å². The van der Waals surface area contributed by atoms with Crippen LogP contribution in [0.2, 0.25) is 0 Å². The summed E-state index contributed by atoms with van der Waals surface area (Å²) in [6.07, 6.45) is 0.882. The van der Waals surface area contributed by atoms with E-state index in [1.165, 1.54) is 4.57 Å². The summed E-state index contributed by atoms with van der Waals surface area (Å²) in [6, 6.07) is 6.73. The lowest BCUT2D eigenvalue weighted by Crippen LogP contribution is -2.36. The third kappa shape index (κ3) is 3.59. The fourth-order valence-corrected chi connectivity index (χ4v) is 2.10. The Hall–Kier alpha value is -2.37. The van der Waals surface area contributed by atoms with Crippen molar-refractivity contribution in [3.8, 4) is 0 Å². The fraction of sp³-hybridized carbons (Fsp3) is 0.400. The van der Waals surface area contributed by atoms with Crippen molar-refractivity contribution in [1.82, 2.24) is 14.9 Å².